The van der Waals surface area contributed by atoms with Gasteiger partial charge in [-0.25, -0.2) is 0 Å². The number of rotatable bonds is 9. The van der Waals surface area contributed by atoms with Crippen LogP contribution in [0.15, 0.2) is 97.1 Å². The van der Waals surface area contributed by atoms with Crippen LogP contribution < -0.4 is 4.74 Å². The Morgan fingerprint density at radius 3 is 2.23 bits per heavy atom. The first-order valence-electron chi connectivity index (χ1n) is 11.9. The Labute approximate surface area is 207 Å². The quantitative estimate of drug-likeness (QED) is 0.210. The van der Waals surface area contributed by atoms with Crippen LogP contribution >= 0.6 is 0 Å². The number of aryl methyl sites for hydroxylation is 2. The van der Waals surface area contributed by atoms with Gasteiger partial charge in [0.25, 0.3) is 0 Å². The van der Waals surface area contributed by atoms with Crippen LogP contribution in [0.25, 0.3) is 6.08 Å². The minimum absolute atomic E-state index is 0.0386. The van der Waals surface area contributed by atoms with Gasteiger partial charge in [0.15, 0.2) is 17.3 Å². The van der Waals surface area contributed by atoms with Gasteiger partial charge in [0.05, 0.1) is 0 Å². The van der Waals surface area contributed by atoms with E-state index in [1.54, 1.807) is 30.4 Å². The van der Waals surface area contributed by atoms with Crippen molar-refractivity contribution in [1.29, 1.82) is 0 Å². The second kappa shape index (κ2) is 11.3. The van der Waals surface area contributed by atoms with Gasteiger partial charge in [0.2, 0.25) is 0 Å². The van der Waals surface area contributed by atoms with Crippen molar-refractivity contribution in [3.63, 3.8) is 0 Å². The van der Waals surface area contributed by atoms with Gasteiger partial charge < -0.3 is 9.84 Å². The predicted octanol–water partition coefficient (Wildman–Crippen LogP) is 7.27. The summed E-state index contributed by atoms with van der Waals surface area (Å²) in [6.45, 7) is 4.49. The zero-order valence-corrected chi connectivity index (χ0v) is 20.2. The molecule has 0 unspecified atom stereocenters. The minimum Gasteiger partial charge on any atom is -0.504 e. The molecule has 0 spiro atoms. The van der Waals surface area contributed by atoms with Gasteiger partial charge in [-0.3, -0.25) is 4.79 Å². The van der Waals surface area contributed by atoms with Crippen molar-refractivity contribution in [2.24, 2.45) is 0 Å². The molecule has 3 heteroatoms. The van der Waals surface area contributed by atoms with Gasteiger partial charge in [-0.2, -0.15) is 0 Å². The first-order chi connectivity index (χ1) is 17.0. The molecule has 0 aliphatic carbocycles. The molecule has 35 heavy (non-hydrogen) atoms. The van der Waals surface area contributed by atoms with Crippen LogP contribution in [0.2, 0.25) is 0 Å². The zero-order valence-electron chi connectivity index (χ0n) is 20.2. The Morgan fingerprint density at radius 1 is 0.829 bits per heavy atom. The lowest BCUT2D eigenvalue weighted by Gasteiger charge is -2.13. The summed E-state index contributed by atoms with van der Waals surface area (Å²) in [5, 5.41) is 10.2. The van der Waals surface area contributed by atoms with Crippen LogP contribution in [0.1, 0.15) is 43.7 Å². The molecule has 0 atom stereocenters. The number of phenols is 1. The predicted molar refractivity (Wildman–Crippen MR) is 142 cm³/mol. The van der Waals surface area contributed by atoms with Crippen molar-refractivity contribution in [3.8, 4) is 11.5 Å². The smallest absolute Gasteiger partial charge is 0.186 e. The molecule has 4 aromatic rings. The topological polar surface area (TPSA) is 46.5 Å². The molecule has 0 heterocycles. The van der Waals surface area contributed by atoms with Crippen LogP contribution in [0.5, 0.6) is 11.5 Å². The van der Waals surface area contributed by atoms with Crippen LogP contribution in [-0.4, -0.2) is 10.9 Å². The first-order valence-corrected chi connectivity index (χ1v) is 11.9. The standard InChI is InChI=1S/C32H30O3/c1-23-13-17-29(24(2)28(23)18-14-25-9-5-3-6-10-25)30(33)19-15-26-16-20-31(34)32(21-26)35-22-27-11-7-4-8-12-27/h3-13,15-17,19-21,34H,14,18,22H2,1-2H3/b19-15+. The molecule has 176 valence electrons. The number of benzene rings is 4. The van der Waals surface area contributed by atoms with Crippen LogP contribution in [0.4, 0.5) is 0 Å². The fourth-order valence-electron chi connectivity index (χ4n) is 4.20. The maximum atomic E-state index is 13.1. The molecule has 4 aromatic carbocycles. The van der Waals surface area contributed by atoms with E-state index in [9.17, 15) is 9.90 Å². The van der Waals surface area contributed by atoms with Crippen molar-refractivity contribution >= 4 is 11.9 Å². The summed E-state index contributed by atoms with van der Waals surface area (Å²) in [7, 11) is 0. The van der Waals surface area contributed by atoms with Gasteiger partial charge >= 0.3 is 0 Å². The molecule has 1 N–H and O–H groups in total. The van der Waals surface area contributed by atoms with Gasteiger partial charge in [-0.05, 0) is 78.3 Å². The number of hydrogen-bond donors (Lipinski definition) is 1. The number of phenolic OH excluding ortho intramolecular Hbond substituents is 1. The van der Waals surface area contributed by atoms with Crippen LogP contribution in [0.3, 0.4) is 0 Å². The third-order valence-corrected chi connectivity index (χ3v) is 6.25. The molecular formula is C32H30O3. The highest BCUT2D eigenvalue weighted by Gasteiger charge is 2.12. The van der Waals surface area contributed by atoms with Crippen LogP contribution in [0, 0.1) is 13.8 Å². The fourth-order valence-corrected chi connectivity index (χ4v) is 4.20. The third kappa shape index (κ3) is 6.27. The second-order valence-electron chi connectivity index (χ2n) is 8.72. The van der Waals surface area contributed by atoms with E-state index in [0.29, 0.717) is 17.9 Å². The summed E-state index contributed by atoms with van der Waals surface area (Å²) in [4.78, 5) is 13.1. The van der Waals surface area contributed by atoms with Gasteiger partial charge in [0.1, 0.15) is 6.61 Å². The molecule has 0 fully saturated rings. The highest BCUT2D eigenvalue weighted by Crippen LogP contribution is 2.28. The van der Waals surface area contributed by atoms with E-state index in [1.165, 1.54) is 16.7 Å². The lowest BCUT2D eigenvalue weighted by atomic mass is 9.91. The summed E-state index contributed by atoms with van der Waals surface area (Å²) in [6, 6.07) is 29.2. The Hall–Kier alpha value is -4.11. The van der Waals surface area contributed by atoms with E-state index in [2.05, 4.69) is 31.2 Å². The van der Waals surface area contributed by atoms with Crippen molar-refractivity contribution in [2.75, 3.05) is 0 Å². The molecular weight excluding hydrogens is 432 g/mol. The highest BCUT2D eigenvalue weighted by molar-refractivity contribution is 6.08. The first kappa shape index (κ1) is 24.0. The largest absolute Gasteiger partial charge is 0.504 e. The molecule has 0 saturated carbocycles. The number of ketones is 1. The van der Waals surface area contributed by atoms with Gasteiger partial charge in [-0.15, -0.1) is 0 Å². The number of ether oxygens (including phenoxy) is 1. The number of carbonyl (C=O) groups is 1. The summed E-state index contributed by atoms with van der Waals surface area (Å²) >= 11 is 0. The zero-order chi connectivity index (χ0) is 24.6. The fraction of sp³-hybridized carbons (Fsp3) is 0.156. The summed E-state index contributed by atoms with van der Waals surface area (Å²) in [5.41, 5.74) is 7.28. The molecule has 0 saturated heterocycles. The number of hydrogen-bond acceptors (Lipinski definition) is 3. The number of carbonyl (C=O) groups excluding carboxylic acids is 1. The van der Waals surface area contributed by atoms with Crippen molar-refractivity contribution in [2.45, 2.75) is 33.3 Å². The minimum atomic E-state index is -0.0386. The average Bonchev–Trinajstić information content (AvgIpc) is 2.88. The van der Waals surface area contributed by atoms with E-state index in [1.807, 2.05) is 55.5 Å². The highest BCUT2D eigenvalue weighted by atomic mass is 16.5. The number of aromatic hydroxyl groups is 1. The normalized spacial score (nSPS) is 11.0. The molecule has 4 rings (SSSR count). The van der Waals surface area contributed by atoms with E-state index in [4.69, 9.17) is 4.74 Å². The molecule has 3 nitrogen and oxygen atoms in total. The van der Waals surface area contributed by atoms with Gasteiger partial charge in [-0.1, -0.05) is 84.9 Å². The monoisotopic (exact) mass is 462 g/mol. The maximum Gasteiger partial charge on any atom is 0.186 e. The van der Waals surface area contributed by atoms with Crippen molar-refractivity contribution in [1.82, 2.24) is 0 Å². The van der Waals surface area contributed by atoms with Crippen molar-refractivity contribution < 1.29 is 14.6 Å². The van der Waals surface area contributed by atoms with E-state index in [0.717, 1.165) is 29.5 Å². The van der Waals surface area contributed by atoms with Gasteiger partial charge in [0, 0.05) is 5.56 Å². The SMILES string of the molecule is Cc1ccc(C(=O)/C=C/c2ccc(O)c(OCc3ccccc3)c2)c(C)c1CCc1ccccc1. The third-order valence-electron chi connectivity index (χ3n) is 6.25. The molecule has 0 bridgehead atoms. The second-order valence-corrected chi connectivity index (χ2v) is 8.72. The Balaban J connectivity index is 1.47. The lowest BCUT2D eigenvalue weighted by molar-refractivity contribution is 0.104. The van der Waals surface area contributed by atoms with E-state index < -0.39 is 0 Å². The van der Waals surface area contributed by atoms with Crippen LogP contribution in [-0.2, 0) is 19.4 Å². The molecule has 0 aromatic heterocycles. The summed E-state index contributed by atoms with van der Waals surface area (Å²) in [5.74, 6) is 0.420. The molecule has 0 amide bonds. The molecule has 0 aliphatic heterocycles. The molecule has 0 aliphatic rings. The molecule has 0 radical (unpaired) electrons. The van der Waals surface area contributed by atoms with E-state index in [-0.39, 0.29) is 11.5 Å². The Kier molecular flexibility index (Phi) is 7.79. The van der Waals surface area contributed by atoms with Crippen molar-refractivity contribution in [3.05, 3.63) is 136 Å². The maximum absolute atomic E-state index is 13.1. The Bertz CT molecular complexity index is 1320. The lowest BCUT2D eigenvalue weighted by Crippen LogP contribution is -2.05. The van der Waals surface area contributed by atoms with E-state index >= 15 is 0 Å². The number of allylic oxidation sites excluding steroid dienone is 1. The summed E-state index contributed by atoms with van der Waals surface area (Å²) < 4.78 is 5.80. The Morgan fingerprint density at radius 2 is 1.51 bits per heavy atom. The average molecular weight is 463 g/mol. The summed E-state index contributed by atoms with van der Waals surface area (Å²) in [6.07, 6.45) is 5.19.